The number of alkyl halides is 3. The third kappa shape index (κ3) is 5.72. The summed E-state index contributed by atoms with van der Waals surface area (Å²) in [5.41, 5.74) is 1.43. The molecule has 0 radical (unpaired) electrons. The lowest BCUT2D eigenvalue weighted by Gasteiger charge is -2.31. The molecule has 0 aliphatic carbocycles. The van der Waals surface area contributed by atoms with Gasteiger partial charge in [-0.1, -0.05) is 35.0 Å². The first kappa shape index (κ1) is 25.5. The monoisotopic (exact) mass is 550 g/mol. The molecule has 1 fully saturated rings. The van der Waals surface area contributed by atoms with Crippen molar-refractivity contribution in [3.05, 3.63) is 74.8 Å². The van der Waals surface area contributed by atoms with Gasteiger partial charge >= 0.3 is 6.18 Å². The molecule has 1 saturated heterocycles. The number of ether oxygens (including phenoxy) is 1. The first-order valence-corrected chi connectivity index (χ1v) is 12.9. The number of amides is 1. The quantitative estimate of drug-likeness (QED) is 0.384. The Kier molecular flexibility index (Phi) is 7.34. The minimum Gasteiger partial charge on any atom is -0.467 e. The summed E-state index contributed by atoms with van der Waals surface area (Å²) in [6.07, 6.45) is -1.69. The number of halogens is 4. The molecular weight excluding hydrogens is 529 g/mol. The Hall–Kier alpha value is -3.18. The van der Waals surface area contributed by atoms with Crippen molar-refractivity contribution in [2.24, 2.45) is 5.16 Å². The van der Waals surface area contributed by atoms with Crippen molar-refractivity contribution in [1.29, 1.82) is 0 Å². The number of aromatic nitrogens is 2. The van der Waals surface area contributed by atoms with Gasteiger partial charge in [-0.15, -0.1) is 11.3 Å². The number of likely N-dealkylation sites (tertiary alicyclic amines) is 1. The fraction of sp³-hybridized carbons (Fsp3) is 0.360. The van der Waals surface area contributed by atoms with E-state index in [0.29, 0.717) is 37.4 Å². The van der Waals surface area contributed by atoms with Crippen LogP contribution in [0.3, 0.4) is 0 Å². The maximum absolute atomic E-state index is 13.1. The number of carbonyl (C=O) groups is 1. The van der Waals surface area contributed by atoms with Crippen LogP contribution in [0.1, 0.15) is 53.1 Å². The lowest BCUT2D eigenvalue weighted by Crippen LogP contribution is -2.40. The lowest BCUT2D eigenvalue weighted by molar-refractivity contribution is -0.141. The molecule has 4 heterocycles. The normalized spacial score (nSPS) is 18.4. The van der Waals surface area contributed by atoms with E-state index in [9.17, 15) is 18.0 Å². The van der Waals surface area contributed by atoms with Gasteiger partial charge in [-0.05, 0) is 31.0 Å². The summed E-state index contributed by atoms with van der Waals surface area (Å²) in [6, 6.07) is 9.57. The SMILES string of the molecule is O=C(COc1ncccc1C(F)(F)F)N1CCC(c2nc(C3=NOC(c4ccccc4Cl)C3)cs2)CC1. The molecule has 2 aliphatic heterocycles. The number of pyridine rings is 1. The predicted molar refractivity (Wildman–Crippen MR) is 132 cm³/mol. The molecule has 12 heteroatoms. The van der Waals surface area contributed by atoms with Gasteiger partial charge in [0.15, 0.2) is 12.7 Å². The lowest BCUT2D eigenvalue weighted by atomic mass is 9.97. The van der Waals surface area contributed by atoms with Gasteiger partial charge in [0.05, 0.1) is 10.7 Å². The van der Waals surface area contributed by atoms with Crippen LogP contribution in [0.15, 0.2) is 53.1 Å². The Morgan fingerprint density at radius 2 is 1.97 bits per heavy atom. The molecule has 1 unspecified atom stereocenters. The van der Waals surface area contributed by atoms with E-state index in [2.05, 4.69) is 10.1 Å². The summed E-state index contributed by atoms with van der Waals surface area (Å²) in [7, 11) is 0. The number of carbonyl (C=O) groups excluding carboxylic acids is 1. The van der Waals surface area contributed by atoms with Crippen molar-refractivity contribution in [2.75, 3.05) is 19.7 Å². The smallest absolute Gasteiger partial charge is 0.421 e. The molecule has 1 aromatic carbocycles. The van der Waals surface area contributed by atoms with E-state index in [0.717, 1.165) is 28.0 Å². The Labute approximate surface area is 219 Å². The first-order valence-electron chi connectivity index (χ1n) is 11.7. The van der Waals surface area contributed by atoms with E-state index >= 15 is 0 Å². The highest BCUT2D eigenvalue weighted by Crippen LogP contribution is 2.36. The predicted octanol–water partition coefficient (Wildman–Crippen LogP) is 5.86. The summed E-state index contributed by atoms with van der Waals surface area (Å²) >= 11 is 7.83. The molecular formula is C25H22ClF3N4O3S. The summed E-state index contributed by atoms with van der Waals surface area (Å²) in [6.45, 7) is 0.433. The summed E-state index contributed by atoms with van der Waals surface area (Å²) in [5, 5.41) is 7.78. The van der Waals surface area contributed by atoms with Crippen molar-refractivity contribution in [1.82, 2.24) is 14.9 Å². The van der Waals surface area contributed by atoms with Crippen molar-refractivity contribution in [2.45, 2.75) is 37.5 Å². The first-order chi connectivity index (χ1) is 17.8. The van der Waals surface area contributed by atoms with Gasteiger partial charge in [-0.3, -0.25) is 4.79 Å². The maximum atomic E-state index is 13.1. The summed E-state index contributed by atoms with van der Waals surface area (Å²) in [5.74, 6) is -0.789. The second kappa shape index (κ2) is 10.7. The van der Waals surface area contributed by atoms with Gasteiger partial charge in [0.1, 0.15) is 11.3 Å². The van der Waals surface area contributed by atoms with Gasteiger partial charge in [0.25, 0.3) is 5.91 Å². The fourth-order valence-corrected chi connectivity index (χ4v) is 5.62. The molecule has 1 atom stereocenters. The third-order valence-corrected chi connectivity index (χ3v) is 7.70. The van der Waals surface area contributed by atoms with Crippen LogP contribution in [-0.4, -0.2) is 46.2 Å². The van der Waals surface area contributed by atoms with Crippen molar-refractivity contribution >= 4 is 34.6 Å². The largest absolute Gasteiger partial charge is 0.467 e. The number of hydrogen-bond acceptors (Lipinski definition) is 7. The zero-order chi connectivity index (χ0) is 26.0. The molecule has 37 heavy (non-hydrogen) atoms. The molecule has 3 aromatic rings. The van der Waals surface area contributed by atoms with E-state index in [-0.39, 0.29) is 17.9 Å². The average Bonchev–Trinajstić information content (AvgIpc) is 3.58. The number of nitrogens with zero attached hydrogens (tertiary/aromatic N) is 4. The zero-order valence-electron chi connectivity index (χ0n) is 19.4. The van der Waals surface area contributed by atoms with Crippen LogP contribution in [-0.2, 0) is 15.8 Å². The van der Waals surface area contributed by atoms with Crippen molar-refractivity contribution in [3.8, 4) is 5.88 Å². The molecule has 1 amide bonds. The van der Waals surface area contributed by atoms with Gasteiger partial charge < -0.3 is 14.5 Å². The van der Waals surface area contributed by atoms with Crippen LogP contribution < -0.4 is 4.74 Å². The molecule has 2 aliphatic rings. The zero-order valence-corrected chi connectivity index (χ0v) is 21.0. The number of piperidine rings is 1. The second-order valence-electron chi connectivity index (χ2n) is 8.73. The average molecular weight is 551 g/mol. The second-order valence-corrected chi connectivity index (χ2v) is 10.0. The highest BCUT2D eigenvalue weighted by molar-refractivity contribution is 7.10. The van der Waals surface area contributed by atoms with Crippen molar-refractivity contribution in [3.63, 3.8) is 0 Å². The molecule has 2 aromatic heterocycles. The van der Waals surface area contributed by atoms with Crippen LogP contribution >= 0.6 is 22.9 Å². The van der Waals surface area contributed by atoms with Gasteiger partial charge in [-0.25, -0.2) is 9.97 Å². The van der Waals surface area contributed by atoms with E-state index in [1.165, 1.54) is 12.3 Å². The van der Waals surface area contributed by atoms with Crippen LogP contribution in [0.4, 0.5) is 13.2 Å². The van der Waals surface area contributed by atoms with Gasteiger partial charge in [0.2, 0.25) is 5.88 Å². The number of oxime groups is 1. The molecule has 0 spiro atoms. The fourth-order valence-electron chi connectivity index (χ4n) is 4.36. The minimum absolute atomic E-state index is 0.179. The highest BCUT2D eigenvalue weighted by atomic mass is 35.5. The molecule has 0 bridgehead atoms. The minimum atomic E-state index is -4.61. The Morgan fingerprint density at radius 1 is 1.19 bits per heavy atom. The van der Waals surface area contributed by atoms with Gasteiger partial charge in [-0.2, -0.15) is 13.2 Å². The topological polar surface area (TPSA) is 76.9 Å². The Bertz CT molecular complexity index is 1310. The molecule has 5 rings (SSSR count). The highest BCUT2D eigenvalue weighted by Gasteiger charge is 2.35. The van der Waals surface area contributed by atoms with Crippen LogP contribution in [0.2, 0.25) is 5.02 Å². The van der Waals surface area contributed by atoms with E-state index < -0.39 is 24.2 Å². The molecule has 7 nitrogen and oxygen atoms in total. The molecule has 194 valence electrons. The van der Waals surface area contributed by atoms with Crippen LogP contribution in [0.5, 0.6) is 5.88 Å². The van der Waals surface area contributed by atoms with E-state index in [4.69, 9.17) is 26.2 Å². The molecule has 0 N–H and O–H groups in total. The summed E-state index contributed by atoms with van der Waals surface area (Å²) < 4.78 is 44.4. The van der Waals surface area contributed by atoms with Crippen LogP contribution in [0, 0.1) is 0 Å². The Morgan fingerprint density at radius 3 is 2.73 bits per heavy atom. The number of hydrogen-bond donors (Lipinski definition) is 0. The Balaban J connectivity index is 1.13. The number of thiazole rings is 1. The number of rotatable bonds is 6. The van der Waals surface area contributed by atoms with Crippen molar-refractivity contribution < 1.29 is 27.5 Å². The van der Waals surface area contributed by atoms with Gasteiger partial charge in [0, 0.05) is 47.6 Å². The molecule has 0 saturated carbocycles. The maximum Gasteiger partial charge on any atom is 0.421 e. The number of benzene rings is 1. The van der Waals surface area contributed by atoms with E-state index in [1.807, 2.05) is 29.6 Å². The summed E-state index contributed by atoms with van der Waals surface area (Å²) in [4.78, 5) is 28.2. The van der Waals surface area contributed by atoms with Crippen LogP contribution in [0.25, 0.3) is 0 Å². The standard InChI is InChI=1S/C25H22ClF3N4O3S/c26-18-6-2-1-4-16(18)21-12-19(32-36-21)20-14-37-24(31-20)15-7-10-33(11-8-15)22(34)13-35-23-17(25(27,28)29)5-3-9-30-23/h1-6,9,14-15,21H,7-8,10-13H2. The van der Waals surface area contributed by atoms with E-state index in [1.54, 1.807) is 16.2 Å². The third-order valence-electron chi connectivity index (χ3n) is 6.34.